The minimum Gasteiger partial charge on any atom is -0.480 e. The summed E-state index contributed by atoms with van der Waals surface area (Å²) in [6.45, 7) is 0. The summed E-state index contributed by atoms with van der Waals surface area (Å²) in [7, 11) is 0. The van der Waals surface area contributed by atoms with E-state index in [1.54, 1.807) is 18.2 Å². The van der Waals surface area contributed by atoms with E-state index in [0.717, 1.165) is 0 Å². The van der Waals surface area contributed by atoms with E-state index in [1.807, 2.05) is 0 Å². The molecule has 0 amide bonds. The highest BCUT2D eigenvalue weighted by molar-refractivity contribution is 6.11. The van der Waals surface area contributed by atoms with Crippen molar-refractivity contribution in [3.05, 3.63) is 35.9 Å². The number of carboxylic acids is 1. The summed E-state index contributed by atoms with van der Waals surface area (Å²) >= 11 is 0. The monoisotopic (exact) mass is 215 g/mol. The summed E-state index contributed by atoms with van der Waals surface area (Å²) in [6.07, 6.45) is 0. The van der Waals surface area contributed by atoms with Gasteiger partial charge in [0.15, 0.2) is 11.8 Å². The van der Waals surface area contributed by atoms with Crippen LogP contribution in [-0.4, -0.2) is 22.9 Å². The zero-order chi connectivity index (χ0) is 9.84. The topological polar surface area (TPSA) is 80.4 Å². The predicted molar refractivity (Wildman–Crippen MR) is 53.6 cm³/mol. The molecule has 0 heterocycles. The van der Waals surface area contributed by atoms with Crippen molar-refractivity contribution < 1.29 is 14.7 Å². The highest BCUT2D eigenvalue weighted by Gasteiger charge is 2.21. The van der Waals surface area contributed by atoms with Crippen LogP contribution in [0.25, 0.3) is 0 Å². The van der Waals surface area contributed by atoms with Crippen LogP contribution in [0.3, 0.4) is 0 Å². The Balaban J connectivity index is 0.00000169. The molecule has 5 heteroatoms. The first-order valence-electron chi connectivity index (χ1n) is 3.70. The second-order valence-electron chi connectivity index (χ2n) is 2.55. The van der Waals surface area contributed by atoms with Gasteiger partial charge in [0.2, 0.25) is 0 Å². The van der Waals surface area contributed by atoms with E-state index < -0.39 is 17.8 Å². The number of rotatable bonds is 3. The molecule has 76 valence electrons. The van der Waals surface area contributed by atoms with E-state index in [2.05, 4.69) is 0 Å². The highest BCUT2D eigenvalue weighted by atomic mass is 35.5. The van der Waals surface area contributed by atoms with Crippen molar-refractivity contribution in [2.45, 2.75) is 6.04 Å². The second-order valence-corrected chi connectivity index (χ2v) is 2.55. The maximum Gasteiger partial charge on any atom is 0.328 e. The molecule has 0 bridgehead atoms. The summed E-state index contributed by atoms with van der Waals surface area (Å²) < 4.78 is 0. The Morgan fingerprint density at radius 3 is 2.14 bits per heavy atom. The van der Waals surface area contributed by atoms with Gasteiger partial charge >= 0.3 is 5.97 Å². The smallest absolute Gasteiger partial charge is 0.328 e. The molecule has 1 atom stereocenters. The lowest BCUT2D eigenvalue weighted by atomic mass is 10.1. The van der Waals surface area contributed by atoms with Gasteiger partial charge in [-0.05, 0) is 0 Å². The van der Waals surface area contributed by atoms with Gasteiger partial charge in [-0.15, -0.1) is 12.4 Å². The summed E-state index contributed by atoms with van der Waals surface area (Å²) in [5.41, 5.74) is 5.46. The van der Waals surface area contributed by atoms with Crippen LogP contribution in [-0.2, 0) is 4.79 Å². The molecule has 1 rings (SSSR count). The molecule has 0 radical (unpaired) electrons. The Kier molecular flexibility index (Phi) is 4.83. The average Bonchev–Trinajstić information content (AvgIpc) is 2.17. The minimum atomic E-state index is -1.47. The Morgan fingerprint density at radius 1 is 1.21 bits per heavy atom. The first-order valence-corrected chi connectivity index (χ1v) is 3.70. The Hall–Kier alpha value is -1.39. The van der Waals surface area contributed by atoms with Gasteiger partial charge in [-0.3, -0.25) is 9.59 Å². The number of carbonyl (C=O) groups is 2. The number of hydrogen-bond donors (Lipinski definition) is 2. The summed E-state index contributed by atoms with van der Waals surface area (Å²) in [4.78, 5) is 21.6. The van der Waals surface area contributed by atoms with E-state index in [-0.39, 0.29) is 12.4 Å². The van der Waals surface area contributed by atoms with Crippen LogP contribution in [0.2, 0.25) is 0 Å². The van der Waals surface area contributed by atoms with Crippen molar-refractivity contribution in [1.29, 1.82) is 0 Å². The van der Waals surface area contributed by atoms with Crippen LogP contribution in [0, 0.1) is 0 Å². The Morgan fingerprint density at radius 2 is 1.71 bits per heavy atom. The largest absolute Gasteiger partial charge is 0.480 e. The van der Waals surface area contributed by atoms with Crippen LogP contribution in [0.15, 0.2) is 30.3 Å². The van der Waals surface area contributed by atoms with Gasteiger partial charge in [-0.1, -0.05) is 30.3 Å². The molecular weight excluding hydrogens is 206 g/mol. The molecule has 0 saturated carbocycles. The molecule has 14 heavy (non-hydrogen) atoms. The molecule has 0 aliphatic carbocycles. The first-order chi connectivity index (χ1) is 6.13. The lowest BCUT2D eigenvalue weighted by Gasteiger charge is -2.04. The summed E-state index contributed by atoms with van der Waals surface area (Å²) in [5, 5.41) is 8.47. The van der Waals surface area contributed by atoms with Gasteiger partial charge < -0.3 is 10.8 Å². The second kappa shape index (κ2) is 5.36. The molecule has 0 aliphatic rings. The van der Waals surface area contributed by atoms with Crippen molar-refractivity contribution in [2.24, 2.45) is 5.73 Å². The molecule has 0 saturated heterocycles. The lowest BCUT2D eigenvalue weighted by molar-refractivity contribution is -0.137. The van der Waals surface area contributed by atoms with Crippen LogP contribution in [0.1, 0.15) is 10.4 Å². The number of carbonyl (C=O) groups excluding carboxylic acids is 1. The molecule has 0 spiro atoms. The summed E-state index contributed by atoms with van der Waals surface area (Å²) in [5.74, 6) is -1.89. The lowest BCUT2D eigenvalue weighted by Crippen LogP contribution is -2.38. The fourth-order valence-electron chi connectivity index (χ4n) is 0.894. The van der Waals surface area contributed by atoms with Gasteiger partial charge in [0.05, 0.1) is 0 Å². The fraction of sp³-hybridized carbons (Fsp3) is 0.111. The zero-order valence-electron chi connectivity index (χ0n) is 7.21. The van der Waals surface area contributed by atoms with Crippen molar-refractivity contribution in [2.75, 3.05) is 0 Å². The van der Waals surface area contributed by atoms with Gasteiger partial charge in [0.25, 0.3) is 0 Å². The van der Waals surface area contributed by atoms with E-state index in [1.165, 1.54) is 12.1 Å². The SMILES string of the molecule is Cl.NC(C(=O)O)C(=O)c1ccccc1. The zero-order valence-corrected chi connectivity index (χ0v) is 8.03. The van der Waals surface area contributed by atoms with Crippen molar-refractivity contribution in [1.82, 2.24) is 0 Å². The first kappa shape index (κ1) is 12.6. The minimum absolute atomic E-state index is 0. The molecule has 1 unspecified atom stereocenters. The van der Waals surface area contributed by atoms with E-state index >= 15 is 0 Å². The number of nitrogens with two attached hydrogens (primary N) is 1. The number of hydrogen-bond acceptors (Lipinski definition) is 3. The fourth-order valence-corrected chi connectivity index (χ4v) is 0.894. The Labute approximate surface area is 87.1 Å². The van der Waals surface area contributed by atoms with E-state index in [0.29, 0.717) is 5.56 Å². The molecule has 3 N–H and O–H groups in total. The van der Waals surface area contributed by atoms with E-state index in [4.69, 9.17) is 10.8 Å². The quantitative estimate of drug-likeness (QED) is 0.575. The number of Topliss-reactive ketones (excluding diaryl/α,β-unsaturated/α-hetero) is 1. The van der Waals surface area contributed by atoms with Crippen LogP contribution < -0.4 is 5.73 Å². The molecule has 4 nitrogen and oxygen atoms in total. The van der Waals surface area contributed by atoms with E-state index in [9.17, 15) is 9.59 Å². The van der Waals surface area contributed by atoms with Crippen LogP contribution >= 0.6 is 12.4 Å². The normalized spacial score (nSPS) is 11.2. The van der Waals surface area contributed by atoms with Crippen molar-refractivity contribution in [3.8, 4) is 0 Å². The third-order valence-electron chi connectivity index (χ3n) is 1.61. The van der Waals surface area contributed by atoms with Crippen LogP contribution in [0.5, 0.6) is 0 Å². The molecule has 0 fully saturated rings. The average molecular weight is 216 g/mol. The number of carboxylic acid groups (broad SMARTS) is 1. The Bertz CT molecular complexity index is 326. The standard InChI is InChI=1S/C9H9NO3.ClH/c10-7(9(12)13)8(11)6-4-2-1-3-5-6;/h1-5,7H,10H2,(H,12,13);1H. The van der Waals surface area contributed by atoms with Gasteiger partial charge in [0.1, 0.15) is 0 Å². The third-order valence-corrected chi connectivity index (χ3v) is 1.61. The molecule has 1 aromatic carbocycles. The van der Waals surface area contributed by atoms with Gasteiger partial charge in [-0.25, -0.2) is 0 Å². The third kappa shape index (κ3) is 2.83. The van der Waals surface area contributed by atoms with Gasteiger partial charge in [-0.2, -0.15) is 0 Å². The molecular formula is C9H10ClNO3. The van der Waals surface area contributed by atoms with Crippen molar-refractivity contribution in [3.63, 3.8) is 0 Å². The highest BCUT2D eigenvalue weighted by Crippen LogP contribution is 2.01. The maximum absolute atomic E-state index is 11.3. The molecule has 0 aromatic heterocycles. The van der Waals surface area contributed by atoms with Gasteiger partial charge in [0, 0.05) is 5.56 Å². The number of aliphatic carboxylic acids is 1. The summed E-state index contributed by atoms with van der Waals surface area (Å²) in [6, 6.07) is 6.64. The van der Waals surface area contributed by atoms with Crippen molar-refractivity contribution >= 4 is 24.2 Å². The molecule has 1 aromatic rings. The predicted octanol–water partition coefficient (Wildman–Crippen LogP) is 0.703. The number of benzene rings is 1. The van der Waals surface area contributed by atoms with Crippen LogP contribution in [0.4, 0.5) is 0 Å². The number of halogens is 1. The maximum atomic E-state index is 11.3. The number of ketones is 1. The molecule has 0 aliphatic heterocycles.